The molecule has 94 valence electrons. The maximum Gasteiger partial charge on any atom is 0.226 e. The summed E-state index contributed by atoms with van der Waals surface area (Å²) in [7, 11) is 6.30. The fourth-order valence-electron chi connectivity index (χ4n) is 3.57. The lowest BCUT2D eigenvalue weighted by Crippen LogP contribution is -2.48. The van der Waals surface area contributed by atoms with E-state index in [1.54, 1.807) is 0 Å². The first-order chi connectivity index (χ1) is 7.91. The lowest BCUT2D eigenvalue weighted by atomic mass is 9.62. The van der Waals surface area contributed by atoms with Crippen molar-refractivity contribution in [2.75, 3.05) is 6.54 Å². The molecule has 0 aromatic heterocycles. The number of hydrogen-bond donors (Lipinski definition) is 0. The van der Waals surface area contributed by atoms with Crippen LogP contribution in [0.5, 0.6) is 0 Å². The molecule has 1 saturated heterocycles. The van der Waals surface area contributed by atoms with Gasteiger partial charge in [0, 0.05) is 18.5 Å². The Labute approximate surface area is 107 Å². The van der Waals surface area contributed by atoms with Crippen LogP contribution in [0.25, 0.3) is 0 Å². The van der Waals surface area contributed by atoms with Gasteiger partial charge < -0.3 is 4.90 Å². The predicted octanol–water partition coefficient (Wildman–Crippen LogP) is 2.78. The molecule has 2 nitrogen and oxygen atoms in total. The molecular formula is C14H24BNO. The SMILES string of the molecule is [B]C1(C)CCCC2C(=O)N(C(C)C)CCC2C1. The van der Waals surface area contributed by atoms with E-state index in [9.17, 15) is 4.79 Å². The molecule has 2 aliphatic rings. The van der Waals surface area contributed by atoms with Crippen LogP contribution in [0.3, 0.4) is 0 Å². The summed E-state index contributed by atoms with van der Waals surface area (Å²) in [6.07, 6.45) is 5.37. The lowest BCUT2D eigenvalue weighted by molar-refractivity contribution is -0.143. The molecule has 1 aliphatic heterocycles. The third-order valence-corrected chi connectivity index (χ3v) is 4.52. The van der Waals surface area contributed by atoms with Crippen LogP contribution >= 0.6 is 0 Å². The van der Waals surface area contributed by atoms with E-state index in [0.717, 1.165) is 38.6 Å². The molecule has 1 aliphatic carbocycles. The molecule has 17 heavy (non-hydrogen) atoms. The van der Waals surface area contributed by atoms with Crippen LogP contribution in [-0.2, 0) is 4.79 Å². The molecule has 1 heterocycles. The van der Waals surface area contributed by atoms with E-state index < -0.39 is 0 Å². The number of nitrogens with zero attached hydrogens (tertiary/aromatic N) is 1. The zero-order valence-corrected chi connectivity index (χ0v) is 11.4. The maximum absolute atomic E-state index is 12.5. The second-order valence-electron chi connectivity index (χ2n) is 6.53. The average Bonchev–Trinajstić information content (AvgIpc) is 2.35. The van der Waals surface area contributed by atoms with E-state index in [4.69, 9.17) is 7.85 Å². The van der Waals surface area contributed by atoms with Crippen molar-refractivity contribution in [3.63, 3.8) is 0 Å². The van der Waals surface area contributed by atoms with Crippen LogP contribution in [0, 0.1) is 11.8 Å². The minimum atomic E-state index is -0.0559. The van der Waals surface area contributed by atoms with E-state index >= 15 is 0 Å². The van der Waals surface area contributed by atoms with Gasteiger partial charge in [0.05, 0.1) is 7.85 Å². The van der Waals surface area contributed by atoms with Crippen molar-refractivity contribution in [1.29, 1.82) is 0 Å². The second-order valence-corrected chi connectivity index (χ2v) is 6.53. The Balaban J connectivity index is 2.12. The van der Waals surface area contributed by atoms with Crippen molar-refractivity contribution < 1.29 is 4.79 Å². The second kappa shape index (κ2) is 4.66. The molecule has 1 saturated carbocycles. The summed E-state index contributed by atoms with van der Waals surface area (Å²) in [5.74, 6) is 1.15. The number of amides is 1. The smallest absolute Gasteiger partial charge is 0.226 e. The van der Waals surface area contributed by atoms with Gasteiger partial charge in [-0.05, 0) is 32.6 Å². The number of piperidine rings is 1. The molecule has 0 N–H and O–H groups in total. The number of carbonyl (C=O) groups excluding carboxylic acids is 1. The summed E-state index contributed by atoms with van der Waals surface area (Å²) in [6.45, 7) is 7.30. The van der Waals surface area contributed by atoms with Crippen LogP contribution in [0.1, 0.15) is 52.9 Å². The van der Waals surface area contributed by atoms with Crippen LogP contribution < -0.4 is 0 Å². The van der Waals surface area contributed by atoms with Crippen molar-refractivity contribution in [3.8, 4) is 0 Å². The molecule has 0 aromatic rings. The molecule has 3 heteroatoms. The number of hydrogen-bond acceptors (Lipinski definition) is 1. The third-order valence-electron chi connectivity index (χ3n) is 4.52. The first-order valence-electron chi connectivity index (χ1n) is 7.00. The van der Waals surface area contributed by atoms with Gasteiger partial charge in [0.2, 0.25) is 5.91 Å². The molecule has 0 aromatic carbocycles. The van der Waals surface area contributed by atoms with E-state index in [2.05, 4.69) is 25.7 Å². The van der Waals surface area contributed by atoms with Gasteiger partial charge in [-0.2, -0.15) is 0 Å². The van der Waals surface area contributed by atoms with Crippen LogP contribution in [0.15, 0.2) is 0 Å². The van der Waals surface area contributed by atoms with Gasteiger partial charge >= 0.3 is 0 Å². The van der Waals surface area contributed by atoms with Crippen molar-refractivity contribution in [1.82, 2.24) is 4.90 Å². The fourth-order valence-corrected chi connectivity index (χ4v) is 3.57. The van der Waals surface area contributed by atoms with Crippen molar-refractivity contribution in [2.45, 2.75) is 64.2 Å². The number of rotatable bonds is 1. The van der Waals surface area contributed by atoms with Crippen LogP contribution in [-0.4, -0.2) is 31.2 Å². The molecule has 2 radical (unpaired) electrons. The highest BCUT2D eigenvalue weighted by molar-refractivity contribution is 6.14. The van der Waals surface area contributed by atoms with Gasteiger partial charge in [-0.1, -0.05) is 31.5 Å². The van der Waals surface area contributed by atoms with Gasteiger partial charge in [-0.3, -0.25) is 4.79 Å². The first-order valence-corrected chi connectivity index (χ1v) is 7.00. The highest BCUT2D eigenvalue weighted by Crippen LogP contribution is 2.46. The quantitative estimate of drug-likeness (QED) is 0.638. The summed E-state index contributed by atoms with van der Waals surface area (Å²) in [6, 6.07) is 0.343. The van der Waals surface area contributed by atoms with Crippen molar-refractivity contribution >= 4 is 13.8 Å². The zero-order valence-electron chi connectivity index (χ0n) is 11.4. The summed E-state index contributed by atoms with van der Waals surface area (Å²) >= 11 is 0. The molecular weight excluding hydrogens is 209 g/mol. The van der Waals surface area contributed by atoms with Crippen LogP contribution in [0.4, 0.5) is 0 Å². The first kappa shape index (κ1) is 13.0. The lowest BCUT2D eigenvalue weighted by Gasteiger charge is -2.40. The molecule has 2 rings (SSSR count). The number of fused-ring (bicyclic) bond motifs is 1. The van der Waals surface area contributed by atoms with E-state index in [-0.39, 0.29) is 11.2 Å². The average molecular weight is 233 g/mol. The molecule has 0 spiro atoms. The Bertz CT molecular complexity index is 301. The van der Waals surface area contributed by atoms with Crippen molar-refractivity contribution in [2.24, 2.45) is 11.8 Å². The Morgan fingerprint density at radius 3 is 2.76 bits per heavy atom. The monoisotopic (exact) mass is 233 g/mol. The van der Waals surface area contributed by atoms with E-state index in [0.29, 0.717) is 17.9 Å². The third kappa shape index (κ3) is 2.69. The minimum absolute atomic E-state index is 0.0559. The topological polar surface area (TPSA) is 20.3 Å². The van der Waals surface area contributed by atoms with Gasteiger partial charge in [-0.25, -0.2) is 0 Å². The minimum Gasteiger partial charge on any atom is -0.340 e. The zero-order chi connectivity index (χ0) is 12.6. The highest BCUT2D eigenvalue weighted by Gasteiger charge is 2.41. The Morgan fingerprint density at radius 1 is 1.41 bits per heavy atom. The Hall–Kier alpha value is -0.465. The van der Waals surface area contributed by atoms with E-state index in [1.165, 1.54) is 0 Å². The normalized spacial score (nSPS) is 39.1. The molecule has 2 fully saturated rings. The van der Waals surface area contributed by atoms with Crippen LogP contribution in [0.2, 0.25) is 5.31 Å². The molecule has 3 unspecified atom stereocenters. The molecule has 0 bridgehead atoms. The maximum atomic E-state index is 12.5. The highest BCUT2D eigenvalue weighted by atomic mass is 16.2. The fraction of sp³-hybridized carbons (Fsp3) is 0.929. The standard InChI is InChI=1S/C14H24BNO/c1-10(2)16-8-6-11-9-14(3,15)7-4-5-12(11)13(16)17/h10-12H,4-9H2,1-3H3. The number of likely N-dealkylation sites (tertiary alicyclic amines) is 1. The van der Waals surface area contributed by atoms with Gasteiger partial charge in [0.25, 0.3) is 0 Å². The Kier molecular flexibility index (Phi) is 3.56. The summed E-state index contributed by atoms with van der Waals surface area (Å²) in [4.78, 5) is 14.5. The summed E-state index contributed by atoms with van der Waals surface area (Å²) in [5.41, 5.74) is 0. The predicted molar refractivity (Wildman–Crippen MR) is 71.0 cm³/mol. The van der Waals surface area contributed by atoms with E-state index in [1.807, 2.05) is 0 Å². The van der Waals surface area contributed by atoms with Gasteiger partial charge in [-0.15, -0.1) is 0 Å². The molecule has 1 amide bonds. The summed E-state index contributed by atoms with van der Waals surface area (Å²) in [5, 5.41) is -0.0559. The number of carbonyl (C=O) groups is 1. The van der Waals surface area contributed by atoms with Gasteiger partial charge in [0.15, 0.2) is 0 Å². The molecule has 3 atom stereocenters. The van der Waals surface area contributed by atoms with Crippen molar-refractivity contribution in [3.05, 3.63) is 0 Å². The Morgan fingerprint density at radius 2 is 2.12 bits per heavy atom. The largest absolute Gasteiger partial charge is 0.340 e. The summed E-state index contributed by atoms with van der Waals surface area (Å²) < 4.78 is 0. The van der Waals surface area contributed by atoms with Gasteiger partial charge in [0.1, 0.15) is 0 Å².